The number of esters is 1. The highest BCUT2D eigenvalue weighted by molar-refractivity contribution is 9.10. The number of benzene rings is 3. The molecule has 0 bridgehead atoms. The summed E-state index contributed by atoms with van der Waals surface area (Å²) >= 11 is 15.2. The summed E-state index contributed by atoms with van der Waals surface area (Å²) in [6.07, 6.45) is 4.16. The molecule has 0 unspecified atom stereocenters. The van der Waals surface area contributed by atoms with Crippen molar-refractivity contribution in [3.05, 3.63) is 98.5 Å². The van der Waals surface area contributed by atoms with Gasteiger partial charge >= 0.3 is 17.8 Å². The SMILES string of the molecule is O=C(/C=C/c1ccccc1)Oc1ccc(Br)cc1/C=N\NC(=O)C(=O)Nc1cc(Cl)ccc1Cl. The van der Waals surface area contributed by atoms with Gasteiger partial charge in [0.1, 0.15) is 5.75 Å². The second-order valence-corrected chi connectivity index (χ2v) is 8.38. The Hall–Kier alpha value is -3.46. The fourth-order valence-corrected chi connectivity index (χ4v) is 3.28. The Morgan fingerprint density at radius 2 is 1.71 bits per heavy atom. The molecule has 172 valence electrons. The zero-order chi connectivity index (χ0) is 24.5. The van der Waals surface area contributed by atoms with Crippen molar-refractivity contribution in [1.29, 1.82) is 0 Å². The van der Waals surface area contributed by atoms with Crippen LogP contribution in [0, 0.1) is 0 Å². The fourth-order valence-electron chi connectivity index (χ4n) is 2.57. The number of hydrogen-bond donors (Lipinski definition) is 2. The lowest BCUT2D eigenvalue weighted by Gasteiger charge is -2.07. The van der Waals surface area contributed by atoms with Gasteiger partial charge in [-0.1, -0.05) is 69.5 Å². The number of anilines is 1. The maximum atomic E-state index is 12.2. The number of halogens is 3. The molecule has 0 atom stereocenters. The predicted octanol–water partition coefficient (Wildman–Crippen LogP) is 5.46. The molecule has 7 nitrogen and oxygen atoms in total. The first-order valence-corrected chi connectivity index (χ1v) is 11.2. The molecule has 0 aliphatic rings. The molecular formula is C24H16BrCl2N3O4. The smallest absolute Gasteiger partial charge is 0.336 e. The van der Waals surface area contributed by atoms with E-state index in [0.717, 1.165) is 5.56 Å². The second-order valence-electron chi connectivity index (χ2n) is 6.62. The average molecular weight is 561 g/mol. The summed E-state index contributed by atoms with van der Waals surface area (Å²) < 4.78 is 6.06. The predicted molar refractivity (Wildman–Crippen MR) is 136 cm³/mol. The molecule has 3 aromatic rings. The summed E-state index contributed by atoms with van der Waals surface area (Å²) in [5.41, 5.74) is 3.52. The van der Waals surface area contributed by atoms with Gasteiger partial charge in [-0.3, -0.25) is 9.59 Å². The highest BCUT2D eigenvalue weighted by Crippen LogP contribution is 2.25. The number of rotatable bonds is 6. The van der Waals surface area contributed by atoms with Crippen LogP contribution in [-0.2, 0) is 14.4 Å². The molecule has 0 aromatic heterocycles. The first-order chi connectivity index (χ1) is 16.3. The first-order valence-electron chi connectivity index (χ1n) is 9.66. The number of hydrogen-bond acceptors (Lipinski definition) is 5. The number of carbonyl (C=O) groups excluding carboxylic acids is 3. The maximum Gasteiger partial charge on any atom is 0.336 e. The van der Waals surface area contributed by atoms with Gasteiger partial charge in [-0.2, -0.15) is 5.10 Å². The third kappa shape index (κ3) is 7.55. The molecule has 2 N–H and O–H groups in total. The highest BCUT2D eigenvalue weighted by atomic mass is 79.9. The van der Waals surface area contributed by atoms with Gasteiger partial charge in [0, 0.05) is 21.1 Å². The largest absolute Gasteiger partial charge is 0.423 e. The van der Waals surface area contributed by atoms with Gasteiger partial charge in [0.2, 0.25) is 0 Å². The molecule has 0 aliphatic carbocycles. The summed E-state index contributed by atoms with van der Waals surface area (Å²) in [5, 5.41) is 6.68. The van der Waals surface area contributed by atoms with Crippen LogP contribution in [0.4, 0.5) is 5.69 Å². The Balaban J connectivity index is 1.63. The lowest BCUT2D eigenvalue weighted by molar-refractivity contribution is -0.136. The zero-order valence-electron chi connectivity index (χ0n) is 17.3. The first kappa shape index (κ1) is 25.2. The Morgan fingerprint density at radius 1 is 0.941 bits per heavy atom. The standard InChI is InChI=1S/C24H16BrCl2N3O4/c25-17-7-10-21(34-22(31)11-6-15-4-2-1-3-5-15)16(12-17)14-28-30-24(33)23(32)29-20-13-18(26)8-9-19(20)27/h1-14H,(H,29,32)(H,30,33)/b11-6+,28-14-. The lowest BCUT2D eigenvalue weighted by atomic mass is 10.2. The van der Waals surface area contributed by atoms with E-state index in [2.05, 4.69) is 31.8 Å². The summed E-state index contributed by atoms with van der Waals surface area (Å²) in [5.74, 6) is -2.42. The van der Waals surface area contributed by atoms with Gasteiger partial charge in [-0.25, -0.2) is 10.2 Å². The molecule has 10 heteroatoms. The molecule has 0 heterocycles. The van der Waals surface area contributed by atoms with E-state index in [9.17, 15) is 14.4 Å². The van der Waals surface area contributed by atoms with Crippen LogP contribution in [0.15, 0.2) is 82.4 Å². The van der Waals surface area contributed by atoms with Crippen LogP contribution in [0.5, 0.6) is 5.75 Å². The van der Waals surface area contributed by atoms with Crippen molar-refractivity contribution in [2.24, 2.45) is 5.10 Å². The van der Waals surface area contributed by atoms with Crippen molar-refractivity contribution in [2.75, 3.05) is 5.32 Å². The molecular weight excluding hydrogens is 545 g/mol. The summed E-state index contributed by atoms with van der Waals surface area (Å²) in [6, 6.07) is 18.6. The van der Waals surface area contributed by atoms with E-state index in [0.29, 0.717) is 15.1 Å². The quantitative estimate of drug-likeness (QED) is 0.104. The van der Waals surface area contributed by atoms with Gasteiger partial charge in [0.25, 0.3) is 0 Å². The van der Waals surface area contributed by atoms with Crippen LogP contribution in [0.25, 0.3) is 6.08 Å². The van der Waals surface area contributed by atoms with Crippen molar-refractivity contribution < 1.29 is 19.1 Å². The van der Waals surface area contributed by atoms with E-state index in [1.54, 1.807) is 30.3 Å². The topological polar surface area (TPSA) is 96.9 Å². The van der Waals surface area contributed by atoms with E-state index in [1.165, 1.54) is 24.4 Å². The Bertz CT molecular complexity index is 1280. The molecule has 0 saturated carbocycles. The molecule has 0 radical (unpaired) electrons. The lowest BCUT2D eigenvalue weighted by Crippen LogP contribution is -2.32. The van der Waals surface area contributed by atoms with Crippen molar-refractivity contribution >= 4 is 74.9 Å². The van der Waals surface area contributed by atoms with Crippen molar-refractivity contribution in [1.82, 2.24) is 5.43 Å². The van der Waals surface area contributed by atoms with Crippen molar-refractivity contribution in [2.45, 2.75) is 0 Å². The number of nitrogens with one attached hydrogen (secondary N) is 2. The average Bonchev–Trinajstić information content (AvgIpc) is 2.82. The summed E-state index contributed by atoms with van der Waals surface area (Å²) in [6.45, 7) is 0. The molecule has 3 rings (SSSR count). The van der Waals surface area contributed by atoms with E-state index in [1.807, 2.05) is 30.3 Å². The molecule has 2 amide bonds. The Kier molecular flexibility index (Phi) is 8.98. The molecule has 0 saturated heterocycles. The summed E-state index contributed by atoms with van der Waals surface area (Å²) in [7, 11) is 0. The number of carbonyl (C=O) groups is 3. The van der Waals surface area contributed by atoms with Crippen molar-refractivity contribution in [3.8, 4) is 5.75 Å². The second kappa shape index (κ2) is 12.1. The fraction of sp³-hybridized carbons (Fsp3) is 0. The number of amides is 2. The Morgan fingerprint density at radius 3 is 2.47 bits per heavy atom. The van der Waals surface area contributed by atoms with E-state index < -0.39 is 17.8 Å². The van der Waals surface area contributed by atoms with Crippen LogP contribution in [-0.4, -0.2) is 24.0 Å². The van der Waals surface area contributed by atoms with Gasteiger partial charge in [0.15, 0.2) is 0 Å². The van der Waals surface area contributed by atoms with Crippen LogP contribution >= 0.6 is 39.1 Å². The third-order valence-electron chi connectivity index (χ3n) is 4.15. The minimum Gasteiger partial charge on any atom is -0.423 e. The van der Waals surface area contributed by atoms with Gasteiger partial charge in [-0.05, 0) is 48.0 Å². The van der Waals surface area contributed by atoms with Gasteiger partial charge < -0.3 is 10.1 Å². The number of nitrogens with zero attached hydrogens (tertiary/aromatic N) is 1. The van der Waals surface area contributed by atoms with E-state index >= 15 is 0 Å². The van der Waals surface area contributed by atoms with Crippen LogP contribution in [0.3, 0.4) is 0 Å². The summed E-state index contributed by atoms with van der Waals surface area (Å²) in [4.78, 5) is 36.4. The molecule has 0 spiro atoms. The molecule has 34 heavy (non-hydrogen) atoms. The van der Waals surface area contributed by atoms with Crippen LogP contribution in [0.1, 0.15) is 11.1 Å². The number of hydrazone groups is 1. The van der Waals surface area contributed by atoms with Crippen LogP contribution < -0.4 is 15.5 Å². The van der Waals surface area contributed by atoms with E-state index in [-0.39, 0.29) is 16.5 Å². The van der Waals surface area contributed by atoms with Gasteiger partial charge in [0.05, 0.1) is 16.9 Å². The molecule has 0 fully saturated rings. The number of ether oxygens (including phenoxy) is 1. The minimum atomic E-state index is -1.04. The zero-order valence-corrected chi connectivity index (χ0v) is 20.4. The molecule has 3 aromatic carbocycles. The van der Waals surface area contributed by atoms with Gasteiger partial charge in [-0.15, -0.1) is 0 Å². The third-order valence-corrected chi connectivity index (χ3v) is 5.20. The molecule has 0 aliphatic heterocycles. The van der Waals surface area contributed by atoms with Crippen molar-refractivity contribution in [3.63, 3.8) is 0 Å². The highest BCUT2D eigenvalue weighted by Gasteiger charge is 2.15. The normalized spacial score (nSPS) is 10.9. The minimum absolute atomic E-state index is 0.183. The maximum absolute atomic E-state index is 12.2. The monoisotopic (exact) mass is 559 g/mol. The Labute approximate surface area is 213 Å². The van der Waals surface area contributed by atoms with Crippen LogP contribution in [0.2, 0.25) is 10.0 Å². The van der Waals surface area contributed by atoms with E-state index in [4.69, 9.17) is 27.9 Å².